The minimum Gasteiger partial charge on any atom is -0.444 e. The third-order valence-electron chi connectivity index (χ3n) is 2.95. The summed E-state index contributed by atoms with van der Waals surface area (Å²) in [5.41, 5.74) is -0.441. The summed E-state index contributed by atoms with van der Waals surface area (Å²) < 4.78 is 5.43. The maximum absolute atomic E-state index is 12.1. The van der Waals surface area contributed by atoms with Crippen molar-refractivity contribution in [3.8, 4) is 0 Å². The molecule has 0 N–H and O–H groups in total. The predicted octanol–water partition coefficient (Wildman–Crippen LogP) is 2.59. The van der Waals surface area contributed by atoms with Gasteiger partial charge in [0.2, 0.25) is 0 Å². The Morgan fingerprint density at radius 2 is 2.21 bits per heavy atom. The first-order valence-electron chi connectivity index (χ1n) is 6.51. The molecule has 0 saturated carbocycles. The van der Waals surface area contributed by atoms with Crippen molar-refractivity contribution in [2.24, 2.45) is 0 Å². The third kappa shape index (κ3) is 3.59. The molecule has 2 heterocycles. The van der Waals surface area contributed by atoms with Gasteiger partial charge in [-0.1, -0.05) is 0 Å². The Labute approximate surface area is 118 Å². The van der Waals surface area contributed by atoms with E-state index in [4.69, 9.17) is 4.74 Å². The maximum atomic E-state index is 12.1. The van der Waals surface area contributed by atoms with Crippen LogP contribution in [0.2, 0.25) is 0 Å². The Morgan fingerprint density at radius 1 is 1.47 bits per heavy atom. The summed E-state index contributed by atoms with van der Waals surface area (Å²) in [6.07, 6.45) is 1.59. The van der Waals surface area contributed by atoms with Gasteiger partial charge in [-0.3, -0.25) is 0 Å². The molecule has 0 aromatic carbocycles. The van der Waals surface area contributed by atoms with Crippen LogP contribution in [0.3, 0.4) is 0 Å². The maximum Gasteiger partial charge on any atom is 0.410 e. The molecule has 2 rings (SSSR count). The number of hydrogen-bond acceptors (Lipinski definition) is 5. The van der Waals surface area contributed by atoms with E-state index >= 15 is 0 Å². The lowest BCUT2D eigenvalue weighted by atomic mass is 10.2. The Kier molecular flexibility index (Phi) is 3.99. The van der Waals surface area contributed by atoms with Crippen molar-refractivity contribution in [1.82, 2.24) is 9.88 Å². The number of nitrogens with zero attached hydrogens (tertiary/aromatic N) is 3. The number of anilines is 1. The van der Waals surface area contributed by atoms with Gasteiger partial charge in [0.05, 0.1) is 0 Å². The van der Waals surface area contributed by atoms with Gasteiger partial charge in [-0.2, -0.15) is 0 Å². The minimum absolute atomic E-state index is 0.132. The van der Waals surface area contributed by atoms with Crippen LogP contribution in [0.5, 0.6) is 0 Å². The van der Waals surface area contributed by atoms with Crippen LogP contribution in [0, 0.1) is 0 Å². The van der Waals surface area contributed by atoms with Gasteiger partial charge in [0.25, 0.3) is 0 Å². The Balaban J connectivity index is 1.95. The van der Waals surface area contributed by atoms with Crippen LogP contribution in [0.25, 0.3) is 0 Å². The lowest BCUT2D eigenvalue weighted by molar-refractivity contribution is 0.0159. The van der Waals surface area contributed by atoms with E-state index in [9.17, 15) is 4.79 Å². The van der Waals surface area contributed by atoms with E-state index in [0.717, 1.165) is 18.2 Å². The molecule has 0 spiro atoms. The predicted molar refractivity (Wildman–Crippen MR) is 76.7 cm³/mol. The molecule has 1 atom stereocenters. The van der Waals surface area contributed by atoms with Gasteiger partial charge in [-0.15, -0.1) is 11.3 Å². The summed E-state index contributed by atoms with van der Waals surface area (Å²) in [5.74, 6) is 0. The fraction of sp³-hybridized carbons (Fsp3) is 0.692. The second-order valence-electron chi connectivity index (χ2n) is 5.78. The average Bonchev–Trinajstić information content (AvgIpc) is 2.79. The lowest BCUT2D eigenvalue weighted by Crippen LogP contribution is -2.55. The average molecular weight is 283 g/mol. The van der Waals surface area contributed by atoms with Crippen LogP contribution in [0.1, 0.15) is 27.7 Å². The van der Waals surface area contributed by atoms with Crippen molar-refractivity contribution in [2.75, 3.05) is 24.5 Å². The van der Waals surface area contributed by atoms with E-state index in [1.54, 1.807) is 16.2 Å². The van der Waals surface area contributed by atoms with Crippen molar-refractivity contribution < 1.29 is 9.53 Å². The number of hydrogen-bond donors (Lipinski definition) is 0. The van der Waals surface area contributed by atoms with Crippen LogP contribution in [-0.4, -0.2) is 47.3 Å². The molecule has 1 amide bonds. The summed E-state index contributed by atoms with van der Waals surface area (Å²) in [5, 5.41) is 3.00. The van der Waals surface area contributed by atoms with E-state index in [1.807, 2.05) is 39.3 Å². The lowest BCUT2D eigenvalue weighted by Gasteiger charge is -2.40. The number of aromatic nitrogens is 1. The zero-order valence-electron chi connectivity index (χ0n) is 11.9. The van der Waals surface area contributed by atoms with Gasteiger partial charge in [-0.25, -0.2) is 9.78 Å². The van der Waals surface area contributed by atoms with Crippen LogP contribution in [0.15, 0.2) is 11.6 Å². The standard InChI is InChI=1S/C13H21N3O2S/c1-10-9-15(11-14-5-8-19-11)6-7-16(10)12(17)18-13(2,3)4/h5,8,10H,6-7,9H2,1-4H3. The molecular weight excluding hydrogens is 262 g/mol. The Morgan fingerprint density at radius 3 is 2.74 bits per heavy atom. The highest BCUT2D eigenvalue weighted by atomic mass is 32.1. The smallest absolute Gasteiger partial charge is 0.410 e. The minimum atomic E-state index is -0.441. The van der Waals surface area contributed by atoms with Gasteiger partial charge in [0.15, 0.2) is 5.13 Å². The zero-order valence-corrected chi connectivity index (χ0v) is 12.7. The van der Waals surface area contributed by atoms with Crippen LogP contribution in [0.4, 0.5) is 9.93 Å². The first-order chi connectivity index (χ1) is 8.87. The highest BCUT2D eigenvalue weighted by Crippen LogP contribution is 2.22. The molecule has 1 unspecified atom stereocenters. The highest BCUT2D eigenvalue weighted by molar-refractivity contribution is 7.13. The summed E-state index contributed by atoms with van der Waals surface area (Å²) >= 11 is 1.63. The fourth-order valence-corrected chi connectivity index (χ4v) is 2.78. The topological polar surface area (TPSA) is 45.7 Å². The number of piperazine rings is 1. The van der Waals surface area contributed by atoms with E-state index in [1.165, 1.54) is 0 Å². The molecule has 1 aromatic rings. The molecule has 0 radical (unpaired) electrons. The molecule has 1 aliphatic rings. The Bertz CT molecular complexity index is 428. The SMILES string of the molecule is CC1CN(c2nccs2)CCN1C(=O)OC(C)(C)C. The fourth-order valence-electron chi connectivity index (χ4n) is 2.10. The molecule has 6 heteroatoms. The first kappa shape index (κ1) is 14.1. The van der Waals surface area contributed by atoms with Gasteiger partial charge in [0, 0.05) is 37.3 Å². The van der Waals surface area contributed by atoms with Crippen LogP contribution in [-0.2, 0) is 4.74 Å². The third-order valence-corrected chi connectivity index (χ3v) is 3.78. The number of amides is 1. The number of thiazole rings is 1. The van der Waals surface area contributed by atoms with Gasteiger partial charge < -0.3 is 14.5 Å². The van der Waals surface area contributed by atoms with Crippen molar-refractivity contribution in [1.29, 1.82) is 0 Å². The van der Waals surface area contributed by atoms with Gasteiger partial charge >= 0.3 is 6.09 Å². The molecule has 106 valence electrons. The van der Waals surface area contributed by atoms with E-state index in [-0.39, 0.29) is 12.1 Å². The van der Waals surface area contributed by atoms with Gasteiger partial charge in [-0.05, 0) is 27.7 Å². The van der Waals surface area contributed by atoms with Crippen molar-refractivity contribution >= 4 is 22.6 Å². The molecular formula is C13H21N3O2S. The molecule has 0 bridgehead atoms. The van der Waals surface area contributed by atoms with Crippen molar-refractivity contribution in [2.45, 2.75) is 39.3 Å². The molecule has 1 aromatic heterocycles. The largest absolute Gasteiger partial charge is 0.444 e. The molecule has 0 aliphatic carbocycles. The number of carbonyl (C=O) groups is 1. The second-order valence-corrected chi connectivity index (χ2v) is 6.66. The molecule has 1 saturated heterocycles. The number of ether oxygens (including phenoxy) is 1. The van der Waals surface area contributed by atoms with E-state index in [2.05, 4.69) is 9.88 Å². The monoisotopic (exact) mass is 283 g/mol. The summed E-state index contributed by atoms with van der Waals surface area (Å²) in [4.78, 5) is 20.4. The zero-order chi connectivity index (χ0) is 14.0. The Hall–Kier alpha value is -1.30. The second kappa shape index (κ2) is 5.36. The van der Waals surface area contributed by atoms with Crippen molar-refractivity contribution in [3.05, 3.63) is 11.6 Å². The van der Waals surface area contributed by atoms with E-state index < -0.39 is 5.60 Å². The van der Waals surface area contributed by atoms with Crippen molar-refractivity contribution in [3.63, 3.8) is 0 Å². The molecule has 1 aliphatic heterocycles. The summed E-state index contributed by atoms with van der Waals surface area (Å²) in [7, 11) is 0. The number of rotatable bonds is 1. The summed E-state index contributed by atoms with van der Waals surface area (Å²) in [6, 6.07) is 0.132. The number of carbonyl (C=O) groups excluding carboxylic acids is 1. The quantitative estimate of drug-likeness (QED) is 0.794. The summed E-state index contributed by atoms with van der Waals surface area (Å²) in [6.45, 7) is 9.99. The highest BCUT2D eigenvalue weighted by Gasteiger charge is 2.31. The molecule has 19 heavy (non-hydrogen) atoms. The van der Waals surface area contributed by atoms with Crippen LogP contribution < -0.4 is 4.90 Å². The molecule has 1 fully saturated rings. The van der Waals surface area contributed by atoms with Gasteiger partial charge in [0.1, 0.15) is 5.60 Å². The molecule has 5 nitrogen and oxygen atoms in total. The van der Waals surface area contributed by atoms with Crippen LogP contribution >= 0.6 is 11.3 Å². The normalized spacial score (nSPS) is 20.5. The van der Waals surface area contributed by atoms with E-state index in [0.29, 0.717) is 6.54 Å². The first-order valence-corrected chi connectivity index (χ1v) is 7.39.